The molecule has 0 amide bonds. The van der Waals surface area contributed by atoms with Gasteiger partial charge in [-0.25, -0.2) is 9.67 Å². The molecule has 0 saturated heterocycles. The Morgan fingerprint density at radius 3 is 2.61 bits per heavy atom. The maximum absolute atomic E-state index is 11.3. The van der Waals surface area contributed by atoms with Crippen LogP contribution in [0.3, 0.4) is 0 Å². The van der Waals surface area contributed by atoms with Crippen molar-refractivity contribution in [1.82, 2.24) is 4.68 Å². The zero-order valence-electron chi connectivity index (χ0n) is 15.6. The lowest BCUT2D eigenvalue weighted by Gasteiger charge is -2.04. The summed E-state index contributed by atoms with van der Waals surface area (Å²) >= 11 is 1.18. The highest BCUT2D eigenvalue weighted by atomic mass is 32.1. The lowest BCUT2D eigenvalue weighted by Crippen LogP contribution is -2.11. The fraction of sp³-hybridized carbons (Fsp3) is 0. The largest absolute Gasteiger partial charge is 0.504 e. The lowest BCUT2D eigenvalue weighted by molar-refractivity contribution is -0.384. The molecule has 0 aliphatic heterocycles. The van der Waals surface area contributed by atoms with Crippen LogP contribution in [0.25, 0.3) is 11.5 Å². The average molecular weight is 438 g/mol. The molecule has 4 aromatic rings. The monoisotopic (exact) mass is 438 g/mol. The van der Waals surface area contributed by atoms with Gasteiger partial charge in [0, 0.05) is 17.0 Å². The minimum absolute atomic E-state index is 0.135. The van der Waals surface area contributed by atoms with Gasteiger partial charge in [-0.1, -0.05) is 12.1 Å². The molecule has 4 rings (SSSR count). The average Bonchev–Trinajstić information content (AvgIpc) is 3.42. The molecule has 0 atom stereocenters. The second-order valence-corrected chi connectivity index (χ2v) is 7.00. The number of hydrogen-bond donors (Lipinski definition) is 3. The molecule has 0 saturated carbocycles. The highest BCUT2D eigenvalue weighted by Gasteiger charge is 2.15. The zero-order valence-corrected chi connectivity index (χ0v) is 16.4. The number of rotatable bonds is 5. The molecule has 0 aliphatic rings. The summed E-state index contributed by atoms with van der Waals surface area (Å²) in [4.78, 5) is 15.5. The summed E-state index contributed by atoms with van der Waals surface area (Å²) in [5, 5.41) is 46.6. The molecule has 2 aromatic carbocycles. The number of thiazole rings is 1. The second kappa shape index (κ2) is 8.16. The van der Waals surface area contributed by atoms with Crippen LogP contribution in [0, 0.1) is 10.1 Å². The number of nitro groups is 1. The number of furan rings is 1. The van der Waals surface area contributed by atoms with Gasteiger partial charge in [0.25, 0.3) is 5.69 Å². The van der Waals surface area contributed by atoms with E-state index in [1.54, 1.807) is 29.6 Å². The molecule has 156 valence electrons. The first-order valence-corrected chi connectivity index (χ1v) is 9.64. The van der Waals surface area contributed by atoms with Crippen molar-refractivity contribution < 1.29 is 24.7 Å². The molecule has 10 nitrogen and oxygen atoms in total. The summed E-state index contributed by atoms with van der Waals surface area (Å²) in [6.45, 7) is 0. The van der Waals surface area contributed by atoms with Crippen molar-refractivity contribution in [3.8, 4) is 28.7 Å². The fourth-order valence-corrected chi connectivity index (χ4v) is 3.54. The van der Waals surface area contributed by atoms with Crippen LogP contribution >= 0.6 is 11.3 Å². The Morgan fingerprint density at radius 2 is 1.87 bits per heavy atom. The number of benzene rings is 2. The third kappa shape index (κ3) is 3.89. The zero-order chi connectivity index (χ0) is 22.0. The Bertz CT molecular complexity index is 1350. The van der Waals surface area contributed by atoms with Crippen LogP contribution in [0.15, 0.2) is 74.7 Å². The van der Waals surface area contributed by atoms with Gasteiger partial charge < -0.3 is 19.7 Å². The Kier molecular flexibility index (Phi) is 5.24. The van der Waals surface area contributed by atoms with E-state index in [4.69, 9.17) is 4.42 Å². The van der Waals surface area contributed by atoms with E-state index < -0.39 is 22.2 Å². The van der Waals surface area contributed by atoms with Crippen molar-refractivity contribution in [3.05, 3.63) is 80.7 Å². The summed E-state index contributed by atoms with van der Waals surface area (Å²) < 4.78 is 6.83. The minimum Gasteiger partial charge on any atom is -0.504 e. The van der Waals surface area contributed by atoms with Gasteiger partial charge in [0.1, 0.15) is 11.4 Å². The van der Waals surface area contributed by atoms with Crippen molar-refractivity contribution in [2.45, 2.75) is 0 Å². The van der Waals surface area contributed by atoms with Gasteiger partial charge in [-0.15, -0.1) is 11.3 Å². The minimum atomic E-state index is -0.671. The molecule has 0 spiro atoms. The van der Waals surface area contributed by atoms with Crippen LogP contribution in [0.4, 0.5) is 11.4 Å². The van der Waals surface area contributed by atoms with Crippen LogP contribution in [0.5, 0.6) is 17.2 Å². The molecule has 2 aromatic heterocycles. The number of nitrogens with zero attached hydrogens (tertiary/aromatic N) is 4. The standard InChI is InChI=1S/C20H14N4O6S/c25-16-8-7-12(18(26)19(16)27)10-21-23-15(17-6-3-9-30-17)11-31-20(23)22-13-4-1-2-5-14(13)24(28)29/h1-11,25-27H. The van der Waals surface area contributed by atoms with Crippen molar-refractivity contribution >= 4 is 28.9 Å². The fourth-order valence-electron chi connectivity index (χ4n) is 2.71. The molecule has 0 bridgehead atoms. The van der Waals surface area contributed by atoms with Crippen LogP contribution in [-0.2, 0) is 0 Å². The number of nitro benzene ring substituents is 1. The number of phenols is 3. The van der Waals surface area contributed by atoms with Gasteiger partial charge in [-0.3, -0.25) is 10.1 Å². The Balaban J connectivity index is 1.88. The van der Waals surface area contributed by atoms with E-state index in [1.165, 1.54) is 52.8 Å². The Labute approximate surface area is 178 Å². The van der Waals surface area contributed by atoms with E-state index in [2.05, 4.69) is 10.1 Å². The predicted molar refractivity (Wildman–Crippen MR) is 113 cm³/mol. The maximum Gasteiger partial charge on any atom is 0.294 e. The van der Waals surface area contributed by atoms with Crippen LogP contribution in [-0.4, -0.2) is 31.1 Å². The van der Waals surface area contributed by atoms with Crippen LogP contribution in [0.2, 0.25) is 0 Å². The van der Waals surface area contributed by atoms with Gasteiger partial charge in [0.15, 0.2) is 17.3 Å². The van der Waals surface area contributed by atoms with E-state index >= 15 is 0 Å². The number of aromatic hydroxyl groups is 3. The SMILES string of the molecule is O=[N+]([O-])c1ccccc1N=c1scc(-c2ccco2)n1N=Cc1ccc(O)c(O)c1O. The van der Waals surface area contributed by atoms with Gasteiger partial charge in [-0.2, -0.15) is 5.10 Å². The number of phenolic OH excluding ortho intramolecular Hbond substituents is 3. The smallest absolute Gasteiger partial charge is 0.294 e. The number of hydrogen-bond acceptors (Lipinski definition) is 9. The predicted octanol–water partition coefficient (Wildman–Crippen LogP) is 3.95. The van der Waals surface area contributed by atoms with Crippen molar-refractivity contribution in [1.29, 1.82) is 0 Å². The van der Waals surface area contributed by atoms with E-state index in [-0.39, 0.29) is 16.9 Å². The summed E-state index contributed by atoms with van der Waals surface area (Å²) in [5.74, 6) is -1.21. The maximum atomic E-state index is 11.3. The lowest BCUT2D eigenvalue weighted by atomic mass is 10.2. The van der Waals surface area contributed by atoms with Gasteiger partial charge in [0.2, 0.25) is 10.6 Å². The van der Waals surface area contributed by atoms with Gasteiger partial charge >= 0.3 is 0 Å². The van der Waals surface area contributed by atoms with Crippen molar-refractivity contribution in [3.63, 3.8) is 0 Å². The van der Waals surface area contributed by atoms with Crippen molar-refractivity contribution in [2.75, 3.05) is 0 Å². The first-order chi connectivity index (χ1) is 15.0. The van der Waals surface area contributed by atoms with E-state index in [9.17, 15) is 25.4 Å². The first kappa shape index (κ1) is 19.9. The van der Waals surface area contributed by atoms with E-state index in [0.717, 1.165) is 0 Å². The summed E-state index contributed by atoms with van der Waals surface area (Å²) in [6.07, 6.45) is 2.75. The normalized spacial score (nSPS) is 11.9. The Hall–Kier alpha value is -4.38. The topological polar surface area (TPSA) is 147 Å². The van der Waals surface area contributed by atoms with Gasteiger partial charge in [-0.05, 0) is 30.3 Å². The molecule has 3 N–H and O–H groups in total. The van der Waals surface area contributed by atoms with Crippen molar-refractivity contribution in [2.24, 2.45) is 10.1 Å². The molecule has 0 unspecified atom stereocenters. The highest BCUT2D eigenvalue weighted by Crippen LogP contribution is 2.36. The summed E-state index contributed by atoms with van der Waals surface area (Å²) in [6, 6.07) is 12.0. The van der Waals surface area contributed by atoms with E-state index in [1.807, 2.05) is 0 Å². The summed E-state index contributed by atoms with van der Waals surface area (Å²) in [7, 11) is 0. The third-order valence-corrected chi connectivity index (χ3v) is 5.04. The second-order valence-electron chi connectivity index (χ2n) is 6.17. The molecular formula is C20H14N4O6S. The molecule has 0 aliphatic carbocycles. The van der Waals surface area contributed by atoms with Crippen LogP contribution < -0.4 is 4.80 Å². The molecule has 31 heavy (non-hydrogen) atoms. The number of para-hydroxylation sites is 2. The molecule has 2 heterocycles. The van der Waals surface area contributed by atoms with E-state index in [0.29, 0.717) is 16.3 Å². The van der Waals surface area contributed by atoms with Gasteiger partial charge in [0.05, 0.1) is 17.4 Å². The molecule has 11 heteroatoms. The summed E-state index contributed by atoms with van der Waals surface area (Å²) in [5.41, 5.74) is 0.642. The molecule has 0 radical (unpaired) electrons. The quantitative estimate of drug-likeness (QED) is 0.186. The molecular weight excluding hydrogens is 424 g/mol. The Morgan fingerprint density at radius 1 is 1.06 bits per heavy atom. The first-order valence-electron chi connectivity index (χ1n) is 8.76. The van der Waals surface area contributed by atoms with Crippen LogP contribution in [0.1, 0.15) is 5.56 Å². The highest BCUT2D eigenvalue weighted by molar-refractivity contribution is 7.07. The third-order valence-electron chi connectivity index (χ3n) is 4.23. The number of aromatic nitrogens is 1. The molecule has 0 fully saturated rings.